The first-order valence-corrected chi connectivity index (χ1v) is 16.8. The summed E-state index contributed by atoms with van der Waals surface area (Å²) in [5, 5.41) is 0. The first-order valence-electron chi connectivity index (χ1n) is 12.7. The molecule has 3 aliphatic heterocycles. The van der Waals surface area contributed by atoms with Crippen LogP contribution in [0.15, 0.2) is 25.3 Å². The van der Waals surface area contributed by atoms with Crippen LogP contribution in [0.5, 0.6) is 0 Å². The molecule has 1 unspecified atom stereocenters. The zero-order valence-electron chi connectivity index (χ0n) is 21.9. The number of nitrogens with one attached hydrogen (secondary N) is 1. The second-order valence-electron chi connectivity index (χ2n) is 9.88. The molecule has 0 amide bonds. The topological polar surface area (TPSA) is 249 Å². The molecule has 4 aromatic heterocycles. The fraction of sp³-hybridized carbons (Fsp3) is 0.500. The van der Waals surface area contributed by atoms with Gasteiger partial charge in [-0.15, -0.1) is 0 Å². The minimum absolute atomic E-state index is 0.0213. The van der Waals surface area contributed by atoms with Crippen LogP contribution in [0.4, 0.5) is 20.4 Å². The molecule has 0 spiro atoms. The van der Waals surface area contributed by atoms with E-state index in [0.717, 1.165) is 12.7 Å². The van der Waals surface area contributed by atoms with Crippen molar-refractivity contribution in [1.82, 2.24) is 43.8 Å². The highest BCUT2D eigenvalue weighted by molar-refractivity contribution is 8.44. The Morgan fingerprint density at radius 2 is 1.43 bits per heavy atom. The van der Waals surface area contributed by atoms with Gasteiger partial charge in [0.25, 0.3) is 0 Å². The number of alkyl halides is 2. The molecule has 24 heteroatoms. The molecule has 7 heterocycles. The van der Waals surface area contributed by atoms with Crippen LogP contribution in [0.1, 0.15) is 12.5 Å². The number of nitrogens with two attached hydrogens (primary N) is 2. The molecule has 44 heavy (non-hydrogen) atoms. The molecule has 3 fully saturated rings. The molecule has 0 bridgehead atoms. The number of thiol groups is 1. The standard InChI is InChI=1S/C20H22F2N11O8PS2/c21-9-13-7(38-19(9)32-5-29-11-15(23)25-3-27-17(11)32)1-31-44(35,36)41-14-8(2-37-42(34,43)40-13)39-20(10(14)22)33-6-30-12-16(24)26-4-28-18(12)33/h3-10,13-14,19-20,31H,1-2H2,(H,34,43)(H2,23,25,27)(H2,24,26,28)/t7-,8-,9-,10-,13-,14-,19-,20-,42?/m1/s1. The number of aromatic nitrogens is 8. The molecule has 9 atom stereocenters. The van der Waals surface area contributed by atoms with Crippen LogP contribution < -0.4 is 16.2 Å². The SMILES string of the molecule is Nc1ncnc2c1ncn2[C@@H]1O[C@@H]2CNS(=O)(=O)O[C@H]3[C@@H](F)[C@H](n4cnc5c(N)ncnc54)O[C@@H]3COP(=O)(S)O[C@H]2[C@H]1F. The highest BCUT2D eigenvalue weighted by Gasteiger charge is 2.53. The van der Waals surface area contributed by atoms with E-state index < -0.39 is 79.5 Å². The zero-order chi connectivity index (χ0) is 31.0. The summed E-state index contributed by atoms with van der Waals surface area (Å²) < 4.78 is 103. The average molecular weight is 678 g/mol. The maximum Gasteiger partial charge on any atom is 0.386 e. The number of nitrogen functional groups attached to an aromatic ring is 2. The van der Waals surface area contributed by atoms with Gasteiger partial charge in [-0.3, -0.25) is 18.2 Å². The largest absolute Gasteiger partial charge is 0.386 e. The van der Waals surface area contributed by atoms with E-state index in [2.05, 4.69) is 46.9 Å². The van der Waals surface area contributed by atoms with Gasteiger partial charge < -0.3 is 20.9 Å². The molecule has 0 aliphatic carbocycles. The summed E-state index contributed by atoms with van der Waals surface area (Å²) in [6.07, 6.45) is -8.92. The van der Waals surface area contributed by atoms with Gasteiger partial charge >= 0.3 is 17.1 Å². The second-order valence-corrected chi connectivity index (χ2v) is 14.1. The molecule has 0 aromatic carbocycles. The average Bonchev–Trinajstić information content (AvgIpc) is 3.73. The quantitative estimate of drug-likeness (QED) is 0.161. The highest BCUT2D eigenvalue weighted by Crippen LogP contribution is 2.57. The van der Waals surface area contributed by atoms with Crippen LogP contribution in [0.3, 0.4) is 0 Å². The predicted octanol–water partition coefficient (Wildman–Crippen LogP) is -0.0255. The van der Waals surface area contributed by atoms with Gasteiger partial charge in [0.15, 0.2) is 47.7 Å². The van der Waals surface area contributed by atoms with Crippen LogP contribution in [-0.4, -0.2) is 97.4 Å². The summed E-state index contributed by atoms with van der Waals surface area (Å²) in [4.78, 5) is 23.9. The van der Waals surface area contributed by atoms with E-state index in [1.807, 2.05) is 0 Å². The van der Waals surface area contributed by atoms with Crippen molar-refractivity contribution < 1.29 is 44.5 Å². The van der Waals surface area contributed by atoms with Crippen molar-refractivity contribution in [1.29, 1.82) is 0 Å². The number of nitrogens with zero attached hydrogens (tertiary/aromatic N) is 8. The Bertz CT molecular complexity index is 1900. The summed E-state index contributed by atoms with van der Waals surface area (Å²) >= 11 is 3.96. The number of imidazole rings is 2. The molecule has 236 valence electrons. The van der Waals surface area contributed by atoms with Gasteiger partial charge in [-0.25, -0.2) is 47.4 Å². The van der Waals surface area contributed by atoms with E-state index in [1.165, 1.54) is 21.8 Å². The van der Waals surface area contributed by atoms with Gasteiger partial charge in [-0.1, -0.05) is 12.2 Å². The van der Waals surface area contributed by atoms with Crippen molar-refractivity contribution in [2.45, 2.75) is 49.2 Å². The lowest BCUT2D eigenvalue weighted by Crippen LogP contribution is -2.44. The fourth-order valence-corrected chi connectivity index (χ4v) is 7.65. The Balaban J connectivity index is 1.17. The van der Waals surface area contributed by atoms with E-state index >= 15 is 8.78 Å². The molecule has 3 aliphatic rings. The van der Waals surface area contributed by atoms with E-state index in [1.54, 1.807) is 0 Å². The smallest absolute Gasteiger partial charge is 0.382 e. The first kappa shape index (κ1) is 29.6. The molecule has 4 aromatic rings. The molecule has 7 rings (SSSR count). The minimum Gasteiger partial charge on any atom is -0.382 e. The van der Waals surface area contributed by atoms with Gasteiger partial charge in [0.1, 0.15) is 48.1 Å². The lowest BCUT2D eigenvalue weighted by atomic mass is 10.1. The molecule has 19 nitrogen and oxygen atoms in total. The van der Waals surface area contributed by atoms with E-state index in [4.69, 9.17) is 34.2 Å². The Hall–Kier alpha value is -3.15. The molecule has 0 radical (unpaired) electrons. The summed E-state index contributed by atoms with van der Waals surface area (Å²) in [5.74, 6) is 0.0517. The number of halogens is 2. The Morgan fingerprint density at radius 1 is 0.886 bits per heavy atom. The van der Waals surface area contributed by atoms with Crippen molar-refractivity contribution in [3.05, 3.63) is 25.3 Å². The van der Waals surface area contributed by atoms with E-state index in [9.17, 15) is 13.0 Å². The highest BCUT2D eigenvalue weighted by atomic mass is 32.7. The molecular formula is C20H22F2N11O8PS2. The van der Waals surface area contributed by atoms with Crippen LogP contribution in [0, 0.1) is 0 Å². The summed E-state index contributed by atoms with van der Waals surface area (Å²) in [6.45, 7) is -5.80. The Morgan fingerprint density at radius 3 is 2.02 bits per heavy atom. The van der Waals surface area contributed by atoms with Crippen LogP contribution in [0.25, 0.3) is 22.3 Å². The van der Waals surface area contributed by atoms with Crippen LogP contribution >= 0.6 is 19.0 Å². The number of ether oxygens (including phenoxy) is 2. The third-order valence-electron chi connectivity index (χ3n) is 7.21. The monoisotopic (exact) mass is 677 g/mol. The lowest BCUT2D eigenvalue weighted by molar-refractivity contribution is -0.0434. The third kappa shape index (κ3) is 5.06. The van der Waals surface area contributed by atoms with Gasteiger partial charge in [-0.2, -0.15) is 13.1 Å². The number of hydrogen-bond donors (Lipinski definition) is 4. The first-order chi connectivity index (χ1) is 20.9. The van der Waals surface area contributed by atoms with Crippen LogP contribution in [0.2, 0.25) is 0 Å². The minimum atomic E-state index is -4.73. The maximum atomic E-state index is 15.9. The molecular weight excluding hydrogens is 655 g/mol. The summed E-state index contributed by atoms with van der Waals surface area (Å²) in [7, 11) is -4.73. The number of rotatable bonds is 2. The van der Waals surface area contributed by atoms with E-state index in [0.29, 0.717) is 0 Å². The zero-order valence-corrected chi connectivity index (χ0v) is 24.5. The molecule has 0 saturated carbocycles. The second kappa shape index (κ2) is 10.7. The Labute approximate surface area is 250 Å². The molecule has 3 saturated heterocycles. The third-order valence-corrected chi connectivity index (χ3v) is 9.82. The Kier molecular flexibility index (Phi) is 7.21. The van der Waals surface area contributed by atoms with Crippen molar-refractivity contribution >= 4 is 63.3 Å². The van der Waals surface area contributed by atoms with Crippen molar-refractivity contribution in [3.63, 3.8) is 0 Å². The molecule has 5 N–H and O–H groups in total. The number of fused-ring (bicyclic) bond motifs is 4. The van der Waals surface area contributed by atoms with Gasteiger partial charge in [0.2, 0.25) is 0 Å². The fourth-order valence-electron chi connectivity index (χ4n) is 5.20. The lowest BCUT2D eigenvalue weighted by Gasteiger charge is -2.26. The maximum absolute atomic E-state index is 15.9. The normalized spacial score (nSPS) is 36.1. The van der Waals surface area contributed by atoms with Crippen molar-refractivity contribution in [2.24, 2.45) is 0 Å². The van der Waals surface area contributed by atoms with Gasteiger partial charge in [0.05, 0.1) is 19.3 Å². The number of hydrogen-bond acceptors (Lipinski definition) is 16. The van der Waals surface area contributed by atoms with Crippen molar-refractivity contribution in [3.8, 4) is 0 Å². The van der Waals surface area contributed by atoms with Crippen LogP contribution in [-0.2, 0) is 37.6 Å². The summed E-state index contributed by atoms with van der Waals surface area (Å²) in [6, 6.07) is 0. The number of anilines is 2. The van der Waals surface area contributed by atoms with Crippen molar-refractivity contribution in [2.75, 3.05) is 24.6 Å². The van der Waals surface area contributed by atoms with Gasteiger partial charge in [-0.05, 0) is 0 Å². The summed E-state index contributed by atoms with van der Waals surface area (Å²) in [5.41, 5.74) is 12.2. The predicted molar refractivity (Wildman–Crippen MR) is 146 cm³/mol. The van der Waals surface area contributed by atoms with E-state index in [-0.39, 0.29) is 34.0 Å². The van der Waals surface area contributed by atoms with Gasteiger partial charge in [0, 0.05) is 6.54 Å².